The lowest BCUT2D eigenvalue weighted by Crippen LogP contribution is -2.20. The van der Waals surface area contributed by atoms with Crippen LogP contribution in [0.25, 0.3) is 11.0 Å². The molecule has 0 bridgehead atoms. The van der Waals surface area contributed by atoms with E-state index in [-0.39, 0.29) is 5.69 Å². The SMILES string of the molecule is CNc1c(NC(=O)c2ccccc2OC)c(=O)oc2ccccc12. The molecule has 0 aliphatic carbocycles. The zero-order chi connectivity index (χ0) is 17.1. The first-order valence-electron chi connectivity index (χ1n) is 7.33. The van der Waals surface area contributed by atoms with Gasteiger partial charge in [-0.25, -0.2) is 4.79 Å². The maximum absolute atomic E-state index is 12.6. The predicted octanol–water partition coefficient (Wildman–Crippen LogP) is 3.10. The number of benzene rings is 2. The first kappa shape index (κ1) is 15.6. The fourth-order valence-corrected chi connectivity index (χ4v) is 2.54. The number of para-hydroxylation sites is 2. The van der Waals surface area contributed by atoms with Crippen molar-refractivity contribution in [3.63, 3.8) is 0 Å². The maximum atomic E-state index is 12.6. The van der Waals surface area contributed by atoms with Gasteiger partial charge in [0.1, 0.15) is 11.3 Å². The van der Waals surface area contributed by atoms with E-state index in [1.807, 2.05) is 12.1 Å². The summed E-state index contributed by atoms with van der Waals surface area (Å²) >= 11 is 0. The largest absolute Gasteiger partial charge is 0.496 e. The van der Waals surface area contributed by atoms with Crippen LogP contribution < -0.4 is 21.0 Å². The van der Waals surface area contributed by atoms with Gasteiger partial charge in [-0.15, -0.1) is 0 Å². The second-order valence-corrected chi connectivity index (χ2v) is 5.04. The number of hydrogen-bond donors (Lipinski definition) is 2. The normalized spacial score (nSPS) is 10.4. The summed E-state index contributed by atoms with van der Waals surface area (Å²) in [5.74, 6) is -0.0299. The van der Waals surface area contributed by atoms with Crippen LogP contribution >= 0.6 is 0 Å². The van der Waals surface area contributed by atoms with Gasteiger partial charge in [-0.3, -0.25) is 4.79 Å². The molecule has 1 heterocycles. The minimum absolute atomic E-state index is 0.0621. The second kappa shape index (κ2) is 6.45. The Morgan fingerprint density at radius 1 is 1.04 bits per heavy atom. The number of rotatable bonds is 4. The van der Waals surface area contributed by atoms with Crippen LogP contribution in [-0.4, -0.2) is 20.1 Å². The number of methoxy groups -OCH3 is 1. The Morgan fingerprint density at radius 2 is 1.75 bits per heavy atom. The van der Waals surface area contributed by atoms with E-state index in [0.29, 0.717) is 28.0 Å². The molecule has 0 saturated heterocycles. The molecule has 24 heavy (non-hydrogen) atoms. The zero-order valence-corrected chi connectivity index (χ0v) is 13.3. The average molecular weight is 324 g/mol. The molecule has 0 radical (unpaired) electrons. The lowest BCUT2D eigenvalue weighted by molar-refractivity contribution is 0.102. The van der Waals surface area contributed by atoms with Crippen LogP contribution in [0.4, 0.5) is 11.4 Å². The Balaban J connectivity index is 2.08. The summed E-state index contributed by atoms with van der Waals surface area (Å²) < 4.78 is 10.5. The fourth-order valence-electron chi connectivity index (χ4n) is 2.54. The molecule has 2 aromatic carbocycles. The molecule has 122 valence electrons. The van der Waals surface area contributed by atoms with Crippen molar-refractivity contribution in [3.05, 3.63) is 64.5 Å². The van der Waals surface area contributed by atoms with Crippen molar-refractivity contribution in [1.82, 2.24) is 0 Å². The highest BCUT2D eigenvalue weighted by atomic mass is 16.5. The Hall–Kier alpha value is -3.28. The molecular formula is C18H16N2O4. The summed E-state index contributed by atoms with van der Waals surface area (Å²) in [6.07, 6.45) is 0. The van der Waals surface area contributed by atoms with Crippen LogP contribution in [0.1, 0.15) is 10.4 Å². The molecule has 0 saturated carbocycles. The number of carbonyl (C=O) groups is 1. The van der Waals surface area contributed by atoms with Gasteiger partial charge in [0.2, 0.25) is 0 Å². The minimum Gasteiger partial charge on any atom is -0.496 e. The molecule has 1 amide bonds. The van der Waals surface area contributed by atoms with E-state index < -0.39 is 11.5 Å². The lowest BCUT2D eigenvalue weighted by atomic mass is 10.1. The first-order chi connectivity index (χ1) is 11.7. The fraction of sp³-hybridized carbons (Fsp3) is 0.111. The Kier molecular flexibility index (Phi) is 4.20. The van der Waals surface area contributed by atoms with Gasteiger partial charge in [0.15, 0.2) is 5.69 Å². The Labute approximate surface area is 138 Å². The highest BCUT2D eigenvalue weighted by Gasteiger charge is 2.18. The van der Waals surface area contributed by atoms with Gasteiger partial charge >= 0.3 is 5.63 Å². The first-order valence-corrected chi connectivity index (χ1v) is 7.33. The number of amides is 1. The van der Waals surface area contributed by atoms with E-state index in [4.69, 9.17) is 9.15 Å². The van der Waals surface area contributed by atoms with Crippen molar-refractivity contribution in [2.75, 3.05) is 24.8 Å². The number of carbonyl (C=O) groups excluding carboxylic acids is 1. The Bertz CT molecular complexity index is 963. The van der Waals surface area contributed by atoms with E-state index in [9.17, 15) is 9.59 Å². The van der Waals surface area contributed by atoms with Crippen LogP contribution in [0.3, 0.4) is 0 Å². The smallest absolute Gasteiger partial charge is 0.362 e. The van der Waals surface area contributed by atoms with Crippen LogP contribution in [-0.2, 0) is 0 Å². The average Bonchev–Trinajstić information content (AvgIpc) is 2.62. The summed E-state index contributed by atoms with van der Waals surface area (Å²) in [4.78, 5) is 24.8. The quantitative estimate of drug-likeness (QED) is 0.721. The van der Waals surface area contributed by atoms with Crippen molar-refractivity contribution < 1.29 is 13.9 Å². The van der Waals surface area contributed by atoms with E-state index >= 15 is 0 Å². The van der Waals surface area contributed by atoms with Gasteiger partial charge in [0.25, 0.3) is 5.91 Å². The van der Waals surface area contributed by atoms with Crippen LogP contribution in [0.15, 0.2) is 57.7 Å². The van der Waals surface area contributed by atoms with E-state index in [2.05, 4.69) is 10.6 Å². The van der Waals surface area contributed by atoms with Crippen molar-refractivity contribution in [1.29, 1.82) is 0 Å². The molecule has 2 N–H and O–H groups in total. The molecule has 3 aromatic rings. The van der Waals surface area contributed by atoms with E-state index in [1.165, 1.54) is 7.11 Å². The van der Waals surface area contributed by atoms with Gasteiger partial charge in [-0.1, -0.05) is 24.3 Å². The van der Waals surface area contributed by atoms with E-state index in [0.717, 1.165) is 0 Å². The molecule has 6 heteroatoms. The van der Waals surface area contributed by atoms with Crippen LogP contribution in [0.2, 0.25) is 0 Å². The van der Waals surface area contributed by atoms with Crippen molar-refractivity contribution in [3.8, 4) is 5.75 Å². The number of anilines is 2. The molecule has 3 rings (SSSR count). The zero-order valence-electron chi connectivity index (χ0n) is 13.3. The predicted molar refractivity (Wildman–Crippen MR) is 93.0 cm³/mol. The number of hydrogen-bond acceptors (Lipinski definition) is 5. The summed E-state index contributed by atoms with van der Waals surface area (Å²) in [6, 6.07) is 13.9. The highest BCUT2D eigenvalue weighted by Crippen LogP contribution is 2.29. The third-order valence-electron chi connectivity index (χ3n) is 3.65. The summed E-state index contributed by atoms with van der Waals surface area (Å²) in [5.41, 5.74) is 0.718. The van der Waals surface area contributed by atoms with E-state index in [1.54, 1.807) is 43.4 Å². The molecule has 0 atom stereocenters. The summed E-state index contributed by atoms with van der Waals surface area (Å²) in [5, 5.41) is 6.29. The van der Waals surface area contributed by atoms with Crippen molar-refractivity contribution >= 4 is 28.3 Å². The molecule has 0 aliphatic rings. The summed E-state index contributed by atoms with van der Waals surface area (Å²) in [7, 11) is 3.16. The van der Waals surface area contributed by atoms with Gasteiger partial charge in [0, 0.05) is 12.4 Å². The maximum Gasteiger partial charge on any atom is 0.362 e. The van der Waals surface area contributed by atoms with Crippen LogP contribution in [0, 0.1) is 0 Å². The third-order valence-corrected chi connectivity index (χ3v) is 3.65. The van der Waals surface area contributed by atoms with Gasteiger partial charge < -0.3 is 19.8 Å². The van der Waals surface area contributed by atoms with Gasteiger partial charge in [-0.05, 0) is 24.3 Å². The monoisotopic (exact) mass is 324 g/mol. The van der Waals surface area contributed by atoms with Gasteiger partial charge in [0.05, 0.1) is 18.4 Å². The molecule has 0 aliphatic heterocycles. The molecule has 6 nitrogen and oxygen atoms in total. The molecular weight excluding hydrogens is 308 g/mol. The molecule has 0 spiro atoms. The summed E-state index contributed by atoms with van der Waals surface area (Å²) in [6.45, 7) is 0. The van der Waals surface area contributed by atoms with Crippen molar-refractivity contribution in [2.45, 2.75) is 0 Å². The Morgan fingerprint density at radius 3 is 2.50 bits per heavy atom. The molecule has 0 unspecified atom stereocenters. The van der Waals surface area contributed by atoms with Gasteiger partial charge in [-0.2, -0.15) is 0 Å². The van der Waals surface area contributed by atoms with Crippen LogP contribution in [0.5, 0.6) is 5.75 Å². The number of fused-ring (bicyclic) bond motifs is 1. The third kappa shape index (κ3) is 2.69. The number of ether oxygens (including phenoxy) is 1. The topological polar surface area (TPSA) is 80.6 Å². The number of nitrogens with one attached hydrogen (secondary N) is 2. The molecule has 0 fully saturated rings. The van der Waals surface area contributed by atoms with Crippen molar-refractivity contribution in [2.24, 2.45) is 0 Å². The minimum atomic E-state index is -0.624. The standard InChI is InChI=1S/C18H16N2O4/c1-19-15-11-7-3-6-10-14(11)24-18(22)16(15)20-17(21)12-8-4-5-9-13(12)23-2/h3-10,19H,1-2H3,(H,20,21). The molecule has 1 aromatic heterocycles. The second-order valence-electron chi connectivity index (χ2n) is 5.04. The lowest BCUT2D eigenvalue weighted by Gasteiger charge is -2.13. The highest BCUT2D eigenvalue weighted by molar-refractivity contribution is 6.09.